The minimum atomic E-state index is -0.0740. The number of nitrogens with one attached hydrogen (secondary N) is 1. The van der Waals surface area contributed by atoms with Gasteiger partial charge in [0.1, 0.15) is 16.7 Å². The lowest BCUT2D eigenvalue weighted by Crippen LogP contribution is -2.38. The number of tetrazole rings is 1. The number of benzene rings is 2. The average molecular weight is 634 g/mol. The lowest BCUT2D eigenvalue weighted by Gasteiger charge is -2.26. The first kappa shape index (κ1) is 29.9. The first-order valence-electron chi connectivity index (χ1n) is 13.5. The number of amides is 1. The molecular formula is C28H30Cl2N6O3S2. The first-order chi connectivity index (χ1) is 20.0. The third-order valence-electron chi connectivity index (χ3n) is 6.84. The van der Waals surface area contributed by atoms with Crippen molar-refractivity contribution in [3.8, 4) is 16.9 Å². The standard InChI is InChI=1S/C28H30Cl2N6O3S2/c29-20-6-7-21(23(30)18-20)22-16-19(5-8-24(22)39-15-12-35-10-13-38-14-11-35)17-25-27(37)36(28(40)41-25)9-3-1-2-4-26-31-33-34-32-26/h5-8,16-18H,1-4,9-15H2,(H,31,32,33,34). The lowest BCUT2D eigenvalue weighted by molar-refractivity contribution is -0.122. The quantitative estimate of drug-likeness (QED) is 0.158. The van der Waals surface area contributed by atoms with E-state index >= 15 is 0 Å². The van der Waals surface area contributed by atoms with E-state index in [0.717, 1.165) is 75.2 Å². The number of ether oxygens (including phenoxy) is 2. The summed E-state index contributed by atoms with van der Waals surface area (Å²) < 4.78 is 12.2. The molecule has 2 saturated heterocycles. The maximum atomic E-state index is 13.2. The molecule has 1 aromatic heterocycles. The molecule has 0 radical (unpaired) electrons. The Hall–Kier alpha value is -2.54. The molecule has 0 atom stereocenters. The van der Waals surface area contributed by atoms with Crippen LogP contribution in [0.4, 0.5) is 0 Å². The maximum absolute atomic E-state index is 13.2. The van der Waals surface area contributed by atoms with E-state index in [-0.39, 0.29) is 5.91 Å². The van der Waals surface area contributed by atoms with Crippen molar-refractivity contribution in [3.63, 3.8) is 0 Å². The summed E-state index contributed by atoms with van der Waals surface area (Å²) in [5.41, 5.74) is 2.49. The van der Waals surface area contributed by atoms with Crippen LogP contribution in [0.15, 0.2) is 41.3 Å². The van der Waals surface area contributed by atoms with E-state index in [9.17, 15) is 4.79 Å². The van der Waals surface area contributed by atoms with Crippen molar-refractivity contribution in [1.29, 1.82) is 0 Å². The Morgan fingerprint density at radius 2 is 1.93 bits per heavy atom. The second-order valence-corrected chi connectivity index (χ2v) is 12.2. The van der Waals surface area contributed by atoms with Crippen LogP contribution in [0.25, 0.3) is 17.2 Å². The number of morpholine rings is 1. The smallest absolute Gasteiger partial charge is 0.266 e. The van der Waals surface area contributed by atoms with Crippen LogP contribution in [-0.2, 0) is 16.0 Å². The van der Waals surface area contributed by atoms with Gasteiger partial charge in [0, 0.05) is 48.7 Å². The Morgan fingerprint density at radius 3 is 2.71 bits per heavy atom. The molecule has 3 heterocycles. The number of H-pyrrole nitrogens is 1. The fourth-order valence-corrected chi connectivity index (χ4v) is 6.47. The number of unbranched alkanes of at least 4 members (excludes halogenated alkanes) is 2. The second-order valence-electron chi connectivity index (χ2n) is 9.65. The van der Waals surface area contributed by atoms with Crippen molar-refractivity contribution in [2.24, 2.45) is 0 Å². The number of carbonyl (C=O) groups excluding carboxylic acids is 1. The molecule has 0 bridgehead atoms. The van der Waals surface area contributed by atoms with Crippen molar-refractivity contribution in [2.45, 2.75) is 25.7 Å². The summed E-state index contributed by atoms with van der Waals surface area (Å²) in [6, 6.07) is 11.3. The van der Waals surface area contributed by atoms with E-state index in [2.05, 4.69) is 25.5 Å². The van der Waals surface area contributed by atoms with Crippen LogP contribution in [-0.4, -0.2) is 86.7 Å². The molecule has 5 rings (SSSR count). The maximum Gasteiger partial charge on any atom is 0.266 e. The zero-order chi connectivity index (χ0) is 28.6. The fraction of sp³-hybridized carbons (Fsp3) is 0.393. The van der Waals surface area contributed by atoms with Crippen molar-refractivity contribution < 1.29 is 14.3 Å². The summed E-state index contributed by atoms with van der Waals surface area (Å²) in [5, 5.41) is 15.1. The van der Waals surface area contributed by atoms with Crippen LogP contribution in [0.3, 0.4) is 0 Å². The van der Waals surface area contributed by atoms with Gasteiger partial charge in [-0.25, -0.2) is 0 Å². The SMILES string of the molecule is O=C1C(=Cc2ccc(OCCN3CCOCC3)c(-c3ccc(Cl)cc3Cl)c2)SC(=S)N1CCCCCc1nn[nH]n1. The van der Waals surface area contributed by atoms with E-state index in [1.807, 2.05) is 30.3 Å². The summed E-state index contributed by atoms with van der Waals surface area (Å²) >= 11 is 19.6. The van der Waals surface area contributed by atoms with E-state index in [4.69, 9.17) is 44.9 Å². The summed E-state index contributed by atoms with van der Waals surface area (Å²) in [5.74, 6) is 1.34. The number of halogens is 2. The first-order valence-corrected chi connectivity index (χ1v) is 15.5. The Labute approximate surface area is 258 Å². The molecule has 0 aliphatic carbocycles. The van der Waals surface area contributed by atoms with Crippen LogP contribution >= 0.6 is 47.2 Å². The predicted molar refractivity (Wildman–Crippen MR) is 166 cm³/mol. The van der Waals surface area contributed by atoms with Crippen molar-refractivity contribution >= 4 is 63.5 Å². The minimum Gasteiger partial charge on any atom is -0.492 e. The number of hydrogen-bond donors (Lipinski definition) is 1. The molecular weight excluding hydrogens is 603 g/mol. The second kappa shape index (κ2) is 14.6. The van der Waals surface area contributed by atoms with Gasteiger partial charge >= 0.3 is 0 Å². The number of aryl methyl sites for hydroxylation is 1. The van der Waals surface area contributed by atoms with E-state index < -0.39 is 0 Å². The molecule has 1 N–H and O–H groups in total. The monoisotopic (exact) mass is 632 g/mol. The number of thiocarbonyl (C=S) groups is 1. The van der Waals surface area contributed by atoms with Gasteiger partial charge in [-0.3, -0.25) is 14.6 Å². The number of nitrogens with zero attached hydrogens (tertiary/aromatic N) is 5. The fourth-order valence-electron chi connectivity index (χ4n) is 4.65. The highest BCUT2D eigenvalue weighted by atomic mass is 35.5. The molecule has 0 spiro atoms. The minimum absolute atomic E-state index is 0.0740. The lowest BCUT2D eigenvalue weighted by atomic mass is 10.0. The zero-order valence-electron chi connectivity index (χ0n) is 22.4. The summed E-state index contributed by atoms with van der Waals surface area (Å²) in [7, 11) is 0. The van der Waals surface area contributed by atoms with E-state index in [1.54, 1.807) is 17.0 Å². The van der Waals surface area contributed by atoms with E-state index in [0.29, 0.717) is 44.0 Å². The highest BCUT2D eigenvalue weighted by molar-refractivity contribution is 8.26. The average Bonchev–Trinajstić information content (AvgIpc) is 3.58. The molecule has 0 unspecified atom stereocenters. The number of aromatic nitrogens is 4. The Morgan fingerprint density at radius 1 is 1.07 bits per heavy atom. The molecule has 1 amide bonds. The highest BCUT2D eigenvalue weighted by Gasteiger charge is 2.31. The largest absolute Gasteiger partial charge is 0.492 e. The zero-order valence-corrected chi connectivity index (χ0v) is 25.5. The Bertz CT molecular complexity index is 1400. The molecule has 2 aliphatic rings. The molecule has 41 heavy (non-hydrogen) atoms. The van der Waals surface area contributed by atoms with Crippen LogP contribution < -0.4 is 4.74 Å². The summed E-state index contributed by atoms with van der Waals surface area (Å²) in [6.45, 7) is 5.20. The Balaban J connectivity index is 1.27. The van der Waals surface area contributed by atoms with Gasteiger partial charge in [-0.1, -0.05) is 70.9 Å². The molecule has 216 valence electrons. The molecule has 13 heteroatoms. The van der Waals surface area contributed by atoms with Gasteiger partial charge in [0.25, 0.3) is 5.91 Å². The molecule has 0 saturated carbocycles. The topological polar surface area (TPSA) is 96.5 Å². The van der Waals surface area contributed by atoms with Crippen LogP contribution in [0, 0.1) is 0 Å². The number of rotatable bonds is 12. The molecule has 9 nitrogen and oxygen atoms in total. The van der Waals surface area contributed by atoms with Crippen LogP contribution in [0.2, 0.25) is 10.0 Å². The van der Waals surface area contributed by atoms with Crippen LogP contribution in [0.5, 0.6) is 5.75 Å². The molecule has 2 fully saturated rings. The van der Waals surface area contributed by atoms with Crippen LogP contribution in [0.1, 0.15) is 30.7 Å². The Kier molecular flexibility index (Phi) is 10.6. The normalized spacial score (nSPS) is 17.1. The van der Waals surface area contributed by atoms with Gasteiger partial charge in [-0.05, 0) is 48.7 Å². The molecule has 2 aromatic carbocycles. The van der Waals surface area contributed by atoms with Crippen molar-refractivity contribution in [2.75, 3.05) is 46.0 Å². The van der Waals surface area contributed by atoms with Crippen molar-refractivity contribution in [1.82, 2.24) is 30.4 Å². The highest BCUT2D eigenvalue weighted by Crippen LogP contribution is 2.39. The summed E-state index contributed by atoms with van der Waals surface area (Å²) in [4.78, 5) is 17.8. The predicted octanol–water partition coefficient (Wildman–Crippen LogP) is 5.50. The number of aromatic amines is 1. The number of hydrogen-bond acceptors (Lipinski definition) is 9. The number of thioether (sulfide) groups is 1. The van der Waals surface area contributed by atoms with Gasteiger partial charge < -0.3 is 9.47 Å². The van der Waals surface area contributed by atoms with Crippen molar-refractivity contribution in [3.05, 3.63) is 62.7 Å². The van der Waals surface area contributed by atoms with E-state index in [1.165, 1.54) is 11.8 Å². The third kappa shape index (κ3) is 8.06. The van der Waals surface area contributed by atoms with Gasteiger partial charge in [0.15, 0.2) is 5.82 Å². The summed E-state index contributed by atoms with van der Waals surface area (Å²) in [6.07, 6.45) is 5.32. The third-order valence-corrected chi connectivity index (χ3v) is 8.76. The van der Waals surface area contributed by atoms with Gasteiger partial charge in [-0.2, -0.15) is 5.21 Å². The van der Waals surface area contributed by atoms with Gasteiger partial charge in [-0.15, -0.1) is 10.2 Å². The van der Waals surface area contributed by atoms with Gasteiger partial charge in [0.2, 0.25) is 0 Å². The molecule has 2 aliphatic heterocycles. The molecule has 3 aromatic rings. The van der Waals surface area contributed by atoms with Gasteiger partial charge in [0.05, 0.1) is 23.1 Å². The number of carbonyl (C=O) groups is 1.